The van der Waals surface area contributed by atoms with Gasteiger partial charge in [-0.1, -0.05) is 37.1 Å². The van der Waals surface area contributed by atoms with Crippen LogP contribution < -0.4 is 5.73 Å². The van der Waals surface area contributed by atoms with E-state index in [0.29, 0.717) is 24.9 Å². The highest BCUT2D eigenvalue weighted by molar-refractivity contribution is 5.79. The molecule has 2 unspecified atom stereocenters. The highest BCUT2D eigenvalue weighted by Crippen LogP contribution is 2.27. The summed E-state index contributed by atoms with van der Waals surface area (Å²) < 4.78 is 0. The molecule has 1 saturated carbocycles. The molecule has 1 aromatic rings. The zero-order chi connectivity index (χ0) is 14.5. The second-order valence-corrected chi connectivity index (χ2v) is 5.96. The first kappa shape index (κ1) is 15.0. The summed E-state index contributed by atoms with van der Waals surface area (Å²) in [4.78, 5) is 14.5. The number of likely N-dealkylation sites (N-methyl/N-ethyl adjacent to an activating group) is 1. The fourth-order valence-corrected chi connectivity index (χ4v) is 3.25. The van der Waals surface area contributed by atoms with Crippen molar-refractivity contribution in [1.29, 1.82) is 0 Å². The van der Waals surface area contributed by atoms with Crippen LogP contribution in [0.5, 0.6) is 0 Å². The molecule has 1 aliphatic rings. The zero-order valence-electron chi connectivity index (χ0n) is 12.6. The molecule has 0 saturated heterocycles. The number of nitrogens with zero attached hydrogens (tertiary/aromatic N) is 1. The molecule has 0 spiro atoms. The Morgan fingerprint density at radius 2 is 2.00 bits per heavy atom. The maximum atomic E-state index is 12.5. The van der Waals surface area contributed by atoms with Gasteiger partial charge in [0, 0.05) is 13.1 Å². The van der Waals surface area contributed by atoms with E-state index in [1.807, 2.05) is 30.1 Å². The van der Waals surface area contributed by atoms with E-state index in [4.69, 9.17) is 5.73 Å². The molecular weight excluding hydrogens is 248 g/mol. The van der Waals surface area contributed by atoms with E-state index >= 15 is 0 Å². The summed E-state index contributed by atoms with van der Waals surface area (Å²) in [5.74, 6) is 0.680. The van der Waals surface area contributed by atoms with E-state index in [-0.39, 0.29) is 5.91 Å². The number of nitrogens with two attached hydrogens (primary N) is 1. The van der Waals surface area contributed by atoms with Crippen molar-refractivity contribution in [3.05, 3.63) is 35.4 Å². The summed E-state index contributed by atoms with van der Waals surface area (Å²) in [6.07, 6.45) is 5.21. The van der Waals surface area contributed by atoms with Gasteiger partial charge in [0.25, 0.3) is 0 Å². The van der Waals surface area contributed by atoms with Crippen molar-refractivity contribution in [2.75, 3.05) is 13.6 Å². The molecule has 2 N–H and O–H groups in total. The standard InChI is InChI=1S/C17H26N2O/c1-13-7-3-4-8-14(13)11-17(20)19(2)16-10-6-5-9-15(16)12-18/h3-4,7-8,15-16H,5-6,9-12,18H2,1-2H3. The number of hydrogen-bond acceptors (Lipinski definition) is 2. The van der Waals surface area contributed by atoms with E-state index in [1.165, 1.54) is 18.4 Å². The highest BCUT2D eigenvalue weighted by atomic mass is 16.2. The van der Waals surface area contributed by atoms with E-state index in [9.17, 15) is 4.79 Å². The van der Waals surface area contributed by atoms with Crippen LogP contribution >= 0.6 is 0 Å². The molecule has 1 aromatic carbocycles. The second-order valence-electron chi connectivity index (χ2n) is 5.96. The van der Waals surface area contributed by atoms with Crippen LogP contribution in [-0.2, 0) is 11.2 Å². The van der Waals surface area contributed by atoms with Crippen LogP contribution in [0.15, 0.2) is 24.3 Å². The number of carbonyl (C=O) groups excluding carboxylic acids is 1. The first-order valence-electron chi connectivity index (χ1n) is 7.63. The average Bonchev–Trinajstić information content (AvgIpc) is 2.48. The second kappa shape index (κ2) is 6.89. The molecule has 3 nitrogen and oxygen atoms in total. The first-order chi connectivity index (χ1) is 9.63. The van der Waals surface area contributed by atoms with Crippen LogP contribution in [-0.4, -0.2) is 30.4 Å². The third-order valence-electron chi connectivity index (χ3n) is 4.67. The van der Waals surface area contributed by atoms with Crippen LogP contribution in [0.3, 0.4) is 0 Å². The van der Waals surface area contributed by atoms with Gasteiger partial charge < -0.3 is 10.6 Å². The summed E-state index contributed by atoms with van der Waals surface area (Å²) in [5.41, 5.74) is 8.19. The molecule has 20 heavy (non-hydrogen) atoms. The Morgan fingerprint density at radius 1 is 1.30 bits per heavy atom. The SMILES string of the molecule is Cc1ccccc1CC(=O)N(C)C1CCCCC1CN. The number of aryl methyl sites for hydroxylation is 1. The van der Waals surface area contributed by atoms with Crippen molar-refractivity contribution in [3.63, 3.8) is 0 Å². The van der Waals surface area contributed by atoms with Gasteiger partial charge in [0.2, 0.25) is 5.91 Å². The Morgan fingerprint density at radius 3 is 2.70 bits per heavy atom. The fourth-order valence-electron chi connectivity index (χ4n) is 3.25. The smallest absolute Gasteiger partial charge is 0.227 e. The van der Waals surface area contributed by atoms with Gasteiger partial charge in [-0.25, -0.2) is 0 Å². The lowest BCUT2D eigenvalue weighted by molar-refractivity contribution is -0.132. The molecule has 2 rings (SSSR count). The van der Waals surface area contributed by atoms with E-state index in [1.54, 1.807) is 0 Å². The Hall–Kier alpha value is -1.35. The van der Waals surface area contributed by atoms with Crippen LogP contribution in [0.4, 0.5) is 0 Å². The summed E-state index contributed by atoms with van der Waals surface area (Å²) in [5, 5.41) is 0. The number of rotatable bonds is 4. The van der Waals surface area contributed by atoms with Gasteiger partial charge in [-0.2, -0.15) is 0 Å². The molecule has 1 aliphatic carbocycles. The van der Waals surface area contributed by atoms with Crippen molar-refractivity contribution >= 4 is 5.91 Å². The van der Waals surface area contributed by atoms with E-state index in [2.05, 4.69) is 13.0 Å². The predicted octanol–water partition coefficient (Wildman–Crippen LogP) is 2.51. The summed E-state index contributed by atoms with van der Waals surface area (Å²) in [7, 11) is 1.94. The molecule has 110 valence electrons. The van der Waals surface area contributed by atoms with Crippen LogP contribution in [0.2, 0.25) is 0 Å². The van der Waals surface area contributed by atoms with Crippen LogP contribution in [0.1, 0.15) is 36.8 Å². The maximum absolute atomic E-state index is 12.5. The molecule has 1 amide bonds. The number of amides is 1. The largest absolute Gasteiger partial charge is 0.342 e. The Bertz CT molecular complexity index is 458. The monoisotopic (exact) mass is 274 g/mol. The van der Waals surface area contributed by atoms with Gasteiger partial charge in [0.15, 0.2) is 0 Å². The predicted molar refractivity (Wildman–Crippen MR) is 82.5 cm³/mol. The zero-order valence-corrected chi connectivity index (χ0v) is 12.6. The van der Waals surface area contributed by atoms with E-state index in [0.717, 1.165) is 18.4 Å². The molecule has 0 aromatic heterocycles. The Labute approximate surface area is 122 Å². The minimum Gasteiger partial charge on any atom is -0.342 e. The summed E-state index contributed by atoms with van der Waals surface area (Å²) >= 11 is 0. The van der Waals surface area contributed by atoms with Crippen molar-refractivity contribution in [2.24, 2.45) is 11.7 Å². The van der Waals surface area contributed by atoms with Crippen LogP contribution in [0, 0.1) is 12.8 Å². The quantitative estimate of drug-likeness (QED) is 0.917. The fraction of sp³-hybridized carbons (Fsp3) is 0.588. The van der Waals surface area contributed by atoms with Gasteiger partial charge in [-0.3, -0.25) is 4.79 Å². The van der Waals surface area contributed by atoms with Crippen molar-refractivity contribution in [1.82, 2.24) is 4.90 Å². The van der Waals surface area contributed by atoms with Gasteiger partial charge in [0.1, 0.15) is 0 Å². The van der Waals surface area contributed by atoms with Crippen LogP contribution in [0.25, 0.3) is 0 Å². The van der Waals surface area contributed by atoms with Gasteiger partial charge >= 0.3 is 0 Å². The van der Waals surface area contributed by atoms with Gasteiger partial charge in [-0.15, -0.1) is 0 Å². The van der Waals surface area contributed by atoms with Gasteiger partial charge in [0.05, 0.1) is 6.42 Å². The molecule has 0 bridgehead atoms. The lowest BCUT2D eigenvalue weighted by Crippen LogP contribution is -2.46. The maximum Gasteiger partial charge on any atom is 0.227 e. The molecule has 0 heterocycles. The molecule has 0 radical (unpaired) electrons. The van der Waals surface area contributed by atoms with Crippen molar-refractivity contribution in [2.45, 2.75) is 45.1 Å². The minimum absolute atomic E-state index is 0.213. The topological polar surface area (TPSA) is 46.3 Å². The minimum atomic E-state index is 0.213. The normalized spacial score (nSPS) is 22.6. The number of hydrogen-bond donors (Lipinski definition) is 1. The van der Waals surface area contributed by atoms with Crippen molar-refractivity contribution in [3.8, 4) is 0 Å². The van der Waals surface area contributed by atoms with Gasteiger partial charge in [-0.05, 0) is 43.4 Å². The molecular formula is C17H26N2O. The molecule has 2 atom stereocenters. The molecule has 1 fully saturated rings. The third-order valence-corrected chi connectivity index (χ3v) is 4.67. The number of carbonyl (C=O) groups is 1. The Kier molecular flexibility index (Phi) is 5.18. The molecule has 0 aliphatic heterocycles. The number of benzene rings is 1. The molecule has 3 heteroatoms. The van der Waals surface area contributed by atoms with Crippen molar-refractivity contribution < 1.29 is 4.79 Å². The summed E-state index contributed by atoms with van der Waals surface area (Å²) in [6, 6.07) is 8.44. The lowest BCUT2D eigenvalue weighted by atomic mass is 9.83. The first-order valence-corrected chi connectivity index (χ1v) is 7.63. The third kappa shape index (κ3) is 3.40. The average molecular weight is 274 g/mol. The van der Waals surface area contributed by atoms with E-state index < -0.39 is 0 Å². The summed E-state index contributed by atoms with van der Waals surface area (Å²) in [6.45, 7) is 2.75. The lowest BCUT2D eigenvalue weighted by Gasteiger charge is -2.37. The Balaban J connectivity index is 2.03. The highest BCUT2D eigenvalue weighted by Gasteiger charge is 2.29.